The molecule has 1 saturated heterocycles. The van der Waals surface area contributed by atoms with Crippen LogP contribution in [0.25, 0.3) is 0 Å². The van der Waals surface area contributed by atoms with Gasteiger partial charge in [-0.05, 0) is 50.9 Å². The van der Waals surface area contributed by atoms with Crippen molar-refractivity contribution in [3.63, 3.8) is 0 Å². The van der Waals surface area contributed by atoms with Gasteiger partial charge in [0.25, 0.3) is 0 Å². The fourth-order valence-corrected chi connectivity index (χ4v) is 2.81. The second-order valence-electron chi connectivity index (χ2n) is 6.02. The van der Waals surface area contributed by atoms with E-state index in [1.807, 2.05) is 31.2 Å². The van der Waals surface area contributed by atoms with E-state index < -0.39 is 0 Å². The van der Waals surface area contributed by atoms with Gasteiger partial charge in [0.1, 0.15) is 0 Å². The summed E-state index contributed by atoms with van der Waals surface area (Å²) in [6.07, 6.45) is 1.79. The Morgan fingerprint density at radius 3 is 2.96 bits per heavy atom. The molecule has 0 bridgehead atoms. The molecule has 2 rings (SSSR count). The molecule has 1 aromatic rings. The molecule has 1 aliphatic rings. The molecule has 0 spiro atoms. The van der Waals surface area contributed by atoms with Gasteiger partial charge in [-0.2, -0.15) is 0 Å². The molecule has 1 aliphatic heterocycles. The smallest absolute Gasteiger partial charge is 0.227 e. The van der Waals surface area contributed by atoms with Crippen LogP contribution in [0, 0.1) is 5.92 Å². The number of nitrogens with one attached hydrogen (secondary N) is 2. The third-order valence-electron chi connectivity index (χ3n) is 4.03. The molecule has 1 aromatic carbocycles. The summed E-state index contributed by atoms with van der Waals surface area (Å²) in [5.74, 6) is 0.213. The van der Waals surface area contributed by atoms with Crippen LogP contribution in [-0.2, 0) is 20.9 Å². The first kappa shape index (κ1) is 17.9. The highest BCUT2D eigenvalue weighted by atomic mass is 16.5. The summed E-state index contributed by atoms with van der Waals surface area (Å²) in [5, 5.41) is 6.41. The quantitative estimate of drug-likeness (QED) is 0.723. The van der Waals surface area contributed by atoms with Gasteiger partial charge in [-0.1, -0.05) is 12.1 Å². The predicted molar refractivity (Wildman–Crippen MR) is 91.4 cm³/mol. The molecule has 1 heterocycles. The van der Waals surface area contributed by atoms with Crippen molar-refractivity contribution in [2.24, 2.45) is 5.92 Å². The van der Waals surface area contributed by atoms with Gasteiger partial charge in [0.2, 0.25) is 5.91 Å². The minimum Gasteiger partial charge on any atom is -0.379 e. The lowest BCUT2D eigenvalue weighted by molar-refractivity contribution is -0.120. The number of piperidine rings is 1. The van der Waals surface area contributed by atoms with Gasteiger partial charge in [-0.25, -0.2) is 0 Å². The van der Waals surface area contributed by atoms with Gasteiger partial charge in [0, 0.05) is 24.3 Å². The number of rotatable bonds is 8. The molecule has 1 fully saturated rings. The number of amides is 1. The Bertz CT molecular complexity index is 493. The largest absolute Gasteiger partial charge is 0.379 e. The van der Waals surface area contributed by atoms with Crippen molar-refractivity contribution in [2.75, 3.05) is 31.7 Å². The third kappa shape index (κ3) is 6.29. The second-order valence-corrected chi connectivity index (χ2v) is 6.02. The molecule has 2 N–H and O–H groups in total. The van der Waals surface area contributed by atoms with Gasteiger partial charge in [0.05, 0.1) is 19.8 Å². The summed E-state index contributed by atoms with van der Waals surface area (Å²) >= 11 is 0. The Kier molecular flexibility index (Phi) is 7.52. The van der Waals surface area contributed by atoms with Crippen LogP contribution in [0.5, 0.6) is 0 Å². The molecule has 0 saturated carbocycles. The first-order chi connectivity index (χ1) is 11.2. The van der Waals surface area contributed by atoms with Crippen LogP contribution >= 0.6 is 0 Å². The average molecular weight is 320 g/mol. The van der Waals surface area contributed by atoms with E-state index in [2.05, 4.69) is 17.6 Å². The first-order valence-corrected chi connectivity index (χ1v) is 8.47. The van der Waals surface area contributed by atoms with Crippen LogP contribution in [0.15, 0.2) is 24.3 Å². The van der Waals surface area contributed by atoms with E-state index >= 15 is 0 Å². The van der Waals surface area contributed by atoms with Crippen molar-refractivity contribution in [3.8, 4) is 0 Å². The average Bonchev–Trinajstić information content (AvgIpc) is 2.55. The maximum atomic E-state index is 12.4. The lowest BCUT2D eigenvalue weighted by Crippen LogP contribution is -2.40. The molecule has 0 aliphatic carbocycles. The Labute approximate surface area is 138 Å². The predicted octanol–water partition coefficient (Wildman–Crippen LogP) is 2.57. The van der Waals surface area contributed by atoms with Gasteiger partial charge in [-0.15, -0.1) is 0 Å². The minimum atomic E-state index is 0.0948. The number of ether oxygens (including phenoxy) is 2. The summed E-state index contributed by atoms with van der Waals surface area (Å²) in [6, 6.07) is 8.25. The summed E-state index contributed by atoms with van der Waals surface area (Å²) < 4.78 is 10.8. The normalized spacial score (nSPS) is 21.1. The Hall–Kier alpha value is -1.43. The van der Waals surface area contributed by atoms with E-state index in [9.17, 15) is 4.79 Å². The standard InChI is InChI=1S/C18H28N2O3/c1-3-22-9-10-23-13-15-5-4-6-17(12-15)20-18(21)16-7-8-19-14(2)11-16/h4-6,12,14,16,19H,3,7-11,13H2,1-2H3,(H,20,21)/t14-,16-/m0/s1. The van der Waals surface area contributed by atoms with E-state index in [1.54, 1.807) is 0 Å². The first-order valence-electron chi connectivity index (χ1n) is 8.47. The molecule has 128 valence electrons. The fourth-order valence-electron chi connectivity index (χ4n) is 2.81. The van der Waals surface area contributed by atoms with Crippen molar-refractivity contribution in [2.45, 2.75) is 39.3 Å². The van der Waals surface area contributed by atoms with Crippen molar-refractivity contribution in [3.05, 3.63) is 29.8 Å². The summed E-state index contributed by atoms with van der Waals surface area (Å²) in [6.45, 7) is 7.43. The zero-order valence-electron chi connectivity index (χ0n) is 14.1. The minimum absolute atomic E-state index is 0.0948. The van der Waals surface area contributed by atoms with Gasteiger partial charge >= 0.3 is 0 Å². The molecule has 1 amide bonds. The highest BCUT2D eigenvalue weighted by Crippen LogP contribution is 2.19. The van der Waals surface area contributed by atoms with Crippen molar-refractivity contribution < 1.29 is 14.3 Å². The molecule has 0 aromatic heterocycles. The van der Waals surface area contributed by atoms with Gasteiger partial charge in [0.15, 0.2) is 0 Å². The molecule has 0 unspecified atom stereocenters. The molecule has 2 atom stereocenters. The van der Waals surface area contributed by atoms with E-state index in [0.717, 1.165) is 30.6 Å². The highest BCUT2D eigenvalue weighted by molar-refractivity contribution is 5.92. The topological polar surface area (TPSA) is 59.6 Å². The maximum Gasteiger partial charge on any atom is 0.227 e. The Morgan fingerprint density at radius 2 is 2.17 bits per heavy atom. The molecular weight excluding hydrogens is 292 g/mol. The van der Waals surface area contributed by atoms with Crippen LogP contribution in [0.4, 0.5) is 5.69 Å². The van der Waals surface area contributed by atoms with Crippen molar-refractivity contribution in [1.29, 1.82) is 0 Å². The van der Waals surface area contributed by atoms with Crippen molar-refractivity contribution in [1.82, 2.24) is 5.32 Å². The van der Waals surface area contributed by atoms with Gasteiger partial charge in [-0.3, -0.25) is 4.79 Å². The van der Waals surface area contributed by atoms with Crippen LogP contribution in [0.1, 0.15) is 32.3 Å². The van der Waals surface area contributed by atoms with Crippen LogP contribution in [-0.4, -0.2) is 38.3 Å². The van der Waals surface area contributed by atoms with E-state index in [0.29, 0.717) is 32.5 Å². The van der Waals surface area contributed by atoms with Gasteiger partial charge < -0.3 is 20.1 Å². The van der Waals surface area contributed by atoms with Crippen molar-refractivity contribution >= 4 is 11.6 Å². The zero-order chi connectivity index (χ0) is 16.5. The number of anilines is 1. The lowest BCUT2D eigenvalue weighted by atomic mass is 9.92. The van der Waals surface area contributed by atoms with Crippen LogP contribution in [0.3, 0.4) is 0 Å². The number of carbonyl (C=O) groups is 1. The van der Waals surface area contributed by atoms with E-state index in [4.69, 9.17) is 9.47 Å². The lowest BCUT2D eigenvalue weighted by Gasteiger charge is -2.27. The molecule has 23 heavy (non-hydrogen) atoms. The van der Waals surface area contributed by atoms with Crippen LogP contribution in [0.2, 0.25) is 0 Å². The number of carbonyl (C=O) groups excluding carboxylic acids is 1. The molecule has 5 nitrogen and oxygen atoms in total. The molecule has 0 radical (unpaired) electrons. The zero-order valence-corrected chi connectivity index (χ0v) is 14.1. The second kappa shape index (κ2) is 9.65. The monoisotopic (exact) mass is 320 g/mol. The highest BCUT2D eigenvalue weighted by Gasteiger charge is 2.24. The Morgan fingerprint density at radius 1 is 1.35 bits per heavy atom. The molecular formula is C18H28N2O3. The number of benzene rings is 1. The third-order valence-corrected chi connectivity index (χ3v) is 4.03. The Balaban J connectivity index is 1.80. The summed E-state index contributed by atoms with van der Waals surface area (Å²) in [7, 11) is 0. The number of hydrogen-bond acceptors (Lipinski definition) is 4. The summed E-state index contributed by atoms with van der Waals surface area (Å²) in [4.78, 5) is 12.4. The maximum absolute atomic E-state index is 12.4. The number of hydrogen-bond donors (Lipinski definition) is 2. The van der Waals surface area contributed by atoms with E-state index in [-0.39, 0.29) is 11.8 Å². The fraction of sp³-hybridized carbons (Fsp3) is 0.611. The molecule has 5 heteroatoms. The van der Waals surface area contributed by atoms with Crippen LogP contribution < -0.4 is 10.6 Å². The summed E-state index contributed by atoms with van der Waals surface area (Å²) in [5.41, 5.74) is 1.89. The SMILES string of the molecule is CCOCCOCc1cccc(NC(=O)[C@H]2CCN[C@@H](C)C2)c1. The van der Waals surface area contributed by atoms with E-state index in [1.165, 1.54) is 0 Å².